The second-order valence-electron chi connectivity index (χ2n) is 6.22. The van der Waals surface area contributed by atoms with Crippen LogP contribution in [0.4, 0.5) is 0 Å². The van der Waals surface area contributed by atoms with Gasteiger partial charge in [-0.05, 0) is 24.5 Å². The van der Waals surface area contributed by atoms with E-state index in [0.717, 1.165) is 49.0 Å². The molecule has 1 aromatic heterocycles. The van der Waals surface area contributed by atoms with Gasteiger partial charge in [-0.1, -0.05) is 0 Å². The second-order valence-corrected chi connectivity index (χ2v) is 6.22. The van der Waals surface area contributed by atoms with Crippen LogP contribution in [0.25, 0.3) is 5.70 Å². The molecule has 2 aliphatic carbocycles. The van der Waals surface area contributed by atoms with Gasteiger partial charge in [-0.3, -0.25) is 14.7 Å². The fraction of sp³-hybridized carbons (Fsp3) is 0.471. The highest BCUT2D eigenvalue weighted by molar-refractivity contribution is 6.09. The zero-order valence-corrected chi connectivity index (χ0v) is 12.5. The summed E-state index contributed by atoms with van der Waals surface area (Å²) in [5, 5.41) is 9.46. The first-order chi connectivity index (χ1) is 10.8. The molecule has 4 rings (SSSR count). The number of piperazine rings is 1. The maximum Gasteiger partial charge on any atom is 0.179 e. The van der Waals surface area contributed by atoms with Crippen molar-refractivity contribution in [3.63, 3.8) is 0 Å². The number of carbonyl (C=O) groups excluding carboxylic acids is 1. The molecule has 1 saturated carbocycles. The number of hydrogen-bond donors (Lipinski definition) is 0. The number of ketones is 1. The van der Waals surface area contributed by atoms with E-state index in [4.69, 9.17) is 0 Å². The molecule has 0 unspecified atom stereocenters. The van der Waals surface area contributed by atoms with Gasteiger partial charge in [-0.15, -0.1) is 0 Å². The third-order valence-corrected chi connectivity index (χ3v) is 4.83. The Labute approximate surface area is 129 Å². The first-order valence-electron chi connectivity index (χ1n) is 7.88. The Kier molecular flexibility index (Phi) is 3.20. The fourth-order valence-electron chi connectivity index (χ4n) is 3.52. The molecular formula is C17H18N4O. The standard InChI is InChI=1S/C17H18N4O/c18-10-15-16(22)9-12-11-19-4-3-14(12)17(15)21-7-5-20(6-8-21)13-1-2-13/h3-4,11,13H,1-2,5-9H2. The van der Waals surface area contributed by atoms with E-state index in [-0.39, 0.29) is 12.2 Å². The van der Waals surface area contributed by atoms with Gasteiger partial charge in [0.1, 0.15) is 11.6 Å². The summed E-state index contributed by atoms with van der Waals surface area (Å²) in [5.41, 5.74) is 3.09. The normalized spacial score (nSPS) is 22.5. The number of aromatic nitrogens is 1. The molecule has 112 valence electrons. The lowest BCUT2D eigenvalue weighted by Crippen LogP contribution is -2.47. The van der Waals surface area contributed by atoms with Gasteiger partial charge in [0, 0.05) is 56.6 Å². The van der Waals surface area contributed by atoms with Crippen molar-refractivity contribution >= 4 is 11.5 Å². The van der Waals surface area contributed by atoms with Crippen LogP contribution in [0.3, 0.4) is 0 Å². The van der Waals surface area contributed by atoms with Crippen molar-refractivity contribution in [3.8, 4) is 6.07 Å². The third-order valence-electron chi connectivity index (χ3n) is 4.83. The topological polar surface area (TPSA) is 60.2 Å². The van der Waals surface area contributed by atoms with Gasteiger partial charge in [0.25, 0.3) is 0 Å². The van der Waals surface area contributed by atoms with Gasteiger partial charge < -0.3 is 4.90 Å². The van der Waals surface area contributed by atoms with Gasteiger partial charge in [0.05, 0.1) is 5.70 Å². The first-order valence-corrected chi connectivity index (χ1v) is 7.88. The maximum atomic E-state index is 12.3. The van der Waals surface area contributed by atoms with E-state index in [2.05, 4.69) is 20.9 Å². The molecule has 1 aromatic rings. The molecule has 0 aromatic carbocycles. The summed E-state index contributed by atoms with van der Waals surface area (Å²) < 4.78 is 0. The van der Waals surface area contributed by atoms with Crippen LogP contribution in [0.5, 0.6) is 0 Å². The zero-order chi connectivity index (χ0) is 15.1. The predicted molar refractivity (Wildman–Crippen MR) is 81.6 cm³/mol. The van der Waals surface area contributed by atoms with Gasteiger partial charge in [-0.2, -0.15) is 5.26 Å². The van der Waals surface area contributed by atoms with Gasteiger partial charge in [0.2, 0.25) is 0 Å². The summed E-state index contributed by atoms with van der Waals surface area (Å²) in [5.74, 6) is -0.0809. The van der Waals surface area contributed by atoms with Crippen LogP contribution in [-0.2, 0) is 11.2 Å². The van der Waals surface area contributed by atoms with Crippen molar-refractivity contribution in [2.75, 3.05) is 26.2 Å². The van der Waals surface area contributed by atoms with Crippen LogP contribution in [0.2, 0.25) is 0 Å². The Hall–Kier alpha value is -2.19. The summed E-state index contributed by atoms with van der Waals surface area (Å²) in [4.78, 5) is 21.1. The van der Waals surface area contributed by atoms with Crippen LogP contribution in [0, 0.1) is 11.3 Å². The van der Waals surface area contributed by atoms with Crippen molar-refractivity contribution < 1.29 is 4.79 Å². The molecule has 22 heavy (non-hydrogen) atoms. The Morgan fingerprint density at radius 2 is 2.00 bits per heavy atom. The highest BCUT2D eigenvalue weighted by atomic mass is 16.1. The highest BCUT2D eigenvalue weighted by Crippen LogP contribution is 2.34. The van der Waals surface area contributed by atoms with Crippen molar-refractivity contribution in [1.82, 2.24) is 14.8 Å². The molecule has 5 heteroatoms. The smallest absolute Gasteiger partial charge is 0.179 e. The number of nitrogens with zero attached hydrogens (tertiary/aromatic N) is 4. The Morgan fingerprint density at radius 1 is 1.23 bits per heavy atom. The van der Waals surface area contributed by atoms with E-state index >= 15 is 0 Å². The average molecular weight is 294 g/mol. The van der Waals surface area contributed by atoms with E-state index in [1.54, 1.807) is 12.4 Å². The lowest BCUT2D eigenvalue weighted by Gasteiger charge is -2.39. The Morgan fingerprint density at radius 3 is 2.68 bits per heavy atom. The fourth-order valence-corrected chi connectivity index (χ4v) is 3.52. The number of carbonyl (C=O) groups is 1. The molecule has 2 heterocycles. The second kappa shape index (κ2) is 5.22. The quantitative estimate of drug-likeness (QED) is 0.821. The molecule has 1 saturated heterocycles. The molecule has 0 spiro atoms. The molecule has 0 N–H and O–H groups in total. The average Bonchev–Trinajstić information content (AvgIpc) is 3.38. The number of fused-ring (bicyclic) bond motifs is 1. The molecule has 0 bridgehead atoms. The minimum Gasteiger partial charge on any atom is -0.367 e. The minimum atomic E-state index is -0.0809. The summed E-state index contributed by atoms with van der Waals surface area (Å²) in [6.07, 6.45) is 6.42. The van der Waals surface area contributed by atoms with Crippen LogP contribution in [-0.4, -0.2) is 52.8 Å². The van der Waals surface area contributed by atoms with E-state index in [0.29, 0.717) is 5.57 Å². The lowest BCUT2D eigenvalue weighted by molar-refractivity contribution is -0.114. The van der Waals surface area contributed by atoms with E-state index < -0.39 is 0 Å². The Balaban J connectivity index is 1.68. The minimum absolute atomic E-state index is 0.0809. The van der Waals surface area contributed by atoms with Crippen LogP contribution in [0.1, 0.15) is 24.0 Å². The van der Waals surface area contributed by atoms with Crippen molar-refractivity contribution in [1.29, 1.82) is 5.26 Å². The maximum absolute atomic E-state index is 12.3. The third kappa shape index (κ3) is 2.20. The number of allylic oxidation sites excluding steroid dienone is 1. The summed E-state index contributed by atoms with van der Waals surface area (Å²) in [6, 6.07) is 4.85. The first kappa shape index (κ1) is 13.5. The van der Waals surface area contributed by atoms with Crippen molar-refractivity contribution in [3.05, 3.63) is 35.2 Å². The number of Topliss-reactive ketones (excluding diaryl/α,β-unsaturated/α-hetero) is 1. The predicted octanol–water partition coefficient (Wildman–Crippen LogP) is 1.22. The van der Waals surface area contributed by atoms with Crippen LogP contribution < -0.4 is 0 Å². The van der Waals surface area contributed by atoms with Crippen molar-refractivity contribution in [2.45, 2.75) is 25.3 Å². The van der Waals surface area contributed by atoms with Gasteiger partial charge >= 0.3 is 0 Å². The van der Waals surface area contributed by atoms with Crippen molar-refractivity contribution in [2.24, 2.45) is 0 Å². The lowest BCUT2D eigenvalue weighted by atomic mass is 9.89. The molecule has 2 fully saturated rings. The molecule has 3 aliphatic rings. The SMILES string of the molecule is N#CC1=C(N2CCN(C3CC3)CC2)c2ccncc2CC1=O. The van der Waals surface area contributed by atoms with Crippen LogP contribution >= 0.6 is 0 Å². The molecule has 0 amide bonds. The molecule has 1 aliphatic heterocycles. The number of nitriles is 1. The van der Waals surface area contributed by atoms with E-state index in [9.17, 15) is 10.1 Å². The van der Waals surface area contributed by atoms with Crippen LogP contribution in [0.15, 0.2) is 24.0 Å². The molecular weight excluding hydrogens is 276 g/mol. The number of hydrogen-bond acceptors (Lipinski definition) is 5. The zero-order valence-electron chi connectivity index (χ0n) is 12.5. The van der Waals surface area contributed by atoms with E-state index in [1.807, 2.05) is 6.07 Å². The summed E-state index contributed by atoms with van der Waals surface area (Å²) in [6.45, 7) is 3.79. The monoisotopic (exact) mass is 294 g/mol. The number of pyridine rings is 1. The van der Waals surface area contributed by atoms with E-state index in [1.165, 1.54) is 12.8 Å². The summed E-state index contributed by atoms with van der Waals surface area (Å²) in [7, 11) is 0. The Bertz CT molecular complexity index is 691. The molecule has 5 nitrogen and oxygen atoms in total. The summed E-state index contributed by atoms with van der Waals surface area (Å²) >= 11 is 0. The molecule has 0 radical (unpaired) electrons. The number of rotatable bonds is 2. The highest BCUT2D eigenvalue weighted by Gasteiger charge is 2.34. The largest absolute Gasteiger partial charge is 0.367 e. The van der Waals surface area contributed by atoms with Gasteiger partial charge in [-0.25, -0.2) is 0 Å². The van der Waals surface area contributed by atoms with Gasteiger partial charge in [0.15, 0.2) is 5.78 Å². The molecule has 0 atom stereocenters.